The predicted octanol–water partition coefficient (Wildman–Crippen LogP) is 4.07. The molecule has 0 radical (unpaired) electrons. The van der Waals surface area contributed by atoms with E-state index in [1.54, 1.807) is 0 Å². The monoisotopic (exact) mass is 397 g/mol. The normalized spacial score (nSPS) is 29.3. The third-order valence-corrected chi connectivity index (χ3v) is 4.75. The number of thiocarbonyl (C=S) groups is 1. The van der Waals surface area contributed by atoms with E-state index in [0.717, 1.165) is 6.07 Å². The lowest BCUT2D eigenvalue weighted by Crippen LogP contribution is -2.65. The smallest absolute Gasteiger partial charge is 0.365 e. The number of hydrogen-bond donors (Lipinski definition) is 1. The van der Waals surface area contributed by atoms with Crippen LogP contribution in [0.25, 0.3) is 0 Å². The number of nitrogens with one attached hydrogen (secondary N) is 1. The fraction of sp³-hybridized carbons (Fsp3) is 0.500. The van der Waals surface area contributed by atoms with Crippen molar-refractivity contribution in [3.05, 3.63) is 34.1 Å². The van der Waals surface area contributed by atoms with Crippen molar-refractivity contribution in [2.75, 3.05) is 6.61 Å². The van der Waals surface area contributed by atoms with Gasteiger partial charge < -0.3 is 10.1 Å². The van der Waals surface area contributed by atoms with Gasteiger partial charge in [0, 0.05) is 10.0 Å². The Kier molecular flexibility index (Phi) is 3.98. The lowest BCUT2D eigenvalue weighted by atomic mass is 9.78. The first-order valence-electron chi connectivity index (χ1n) is 6.70. The lowest BCUT2D eigenvalue weighted by Gasteiger charge is -2.46. The molecule has 3 rings (SSSR count). The van der Waals surface area contributed by atoms with Crippen molar-refractivity contribution in [3.63, 3.8) is 0 Å². The Morgan fingerprint density at radius 3 is 2.59 bits per heavy atom. The maximum atomic E-state index is 14.3. The molecule has 2 aliphatic rings. The molecule has 0 aromatic heterocycles. The Labute approximate surface area is 138 Å². The number of morpholine rings is 1. The first kappa shape index (κ1) is 16.1. The molecule has 2 nitrogen and oxygen atoms in total. The Hall–Kier alpha value is -0.730. The summed E-state index contributed by atoms with van der Waals surface area (Å²) >= 11 is 8.21. The van der Waals surface area contributed by atoms with Crippen LogP contribution in [0.2, 0.25) is 0 Å². The van der Waals surface area contributed by atoms with Crippen LogP contribution in [0.3, 0.4) is 0 Å². The summed E-state index contributed by atoms with van der Waals surface area (Å²) in [5.41, 5.74) is -1.77. The molecule has 0 spiro atoms. The summed E-state index contributed by atoms with van der Waals surface area (Å²) in [6.07, 6.45) is -5.63. The third kappa shape index (κ3) is 2.65. The molecule has 1 saturated carbocycles. The minimum atomic E-state index is -4.62. The fourth-order valence-corrected chi connectivity index (χ4v) is 3.67. The number of halogens is 5. The molecule has 22 heavy (non-hydrogen) atoms. The van der Waals surface area contributed by atoms with Crippen molar-refractivity contribution in [1.82, 2.24) is 5.32 Å². The van der Waals surface area contributed by atoms with Crippen molar-refractivity contribution in [1.29, 1.82) is 0 Å². The molecule has 2 atom stereocenters. The van der Waals surface area contributed by atoms with Gasteiger partial charge in [-0.3, -0.25) is 0 Å². The van der Waals surface area contributed by atoms with Crippen LogP contribution in [0.1, 0.15) is 18.4 Å². The van der Waals surface area contributed by atoms with E-state index in [1.165, 1.54) is 12.1 Å². The average molecular weight is 398 g/mol. The van der Waals surface area contributed by atoms with Gasteiger partial charge in [0.2, 0.25) is 0 Å². The number of hydrogen-bond acceptors (Lipinski definition) is 2. The summed E-state index contributed by atoms with van der Waals surface area (Å²) in [6.45, 7) is -0.316. The summed E-state index contributed by atoms with van der Waals surface area (Å²) in [5.74, 6) is -1.08. The summed E-state index contributed by atoms with van der Waals surface area (Å²) in [4.78, 5) is 0.159. The molecule has 2 unspecified atom stereocenters. The summed E-state index contributed by atoms with van der Waals surface area (Å²) in [6, 6.07) is 3.97. The molecule has 1 saturated heterocycles. The van der Waals surface area contributed by atoms with Gasteiger partial charge in [-0.2, -0.15) is 13.2 Å². The van der Waals surface area contributed by atoms with Crippen LogP contribution in [0.4, 0.5) is 17.6 Å². The molecule has 0 bridgehead atoms. The molecule has 0 amide bonds. The van der Waals surface area contributed by atoms with Crippen LogP contribution >= 0.6 is 28.1 Å². The number of alkyl halides is 3. The first-order chi connectivity index (χ1) is 10.2. The average Bonchev–Trinajstić information content (AvgIpc) is 3.24. The van der Waals surface area contributed by atoms with Crippen LogP contribution in [0.5, 0.6) is 0 Å². The van der Waals surface area contributed by atoms with Crippen molar-refractivity contribution < 1.29 is 22.3 Å². The molecule has 1 aromatic carbocycles. The van der Waals surface area contributed by atoms with Crippen molar-refractivity contribution in [3.8, 4) is 0 Å². The largest absolute Gasteiger partial charge is 0.417 e. The van der Waals surface area contributed by atoms with Crippen LogP contribution in [0, 0.1) is 11.7 Å². The van der Waals surface area contributed by atoms with E-state index in [4.69, 9.17) is 17.0 Å². The molecule has 1 heterocycles. The molecule has 1 aliphatic heterocycles. The zero-order valence-electron chi connectivity index (χ0n) is 11.2. The van der Waals surface area contributed by atoms with E-state index in [1.807, 2.05) is 0 Å². The maximum absolute atomic E-state index is 14.3. The number of rotatable bonds is 2. The molecular weight excluding hydrogens is 386 g/mol. The standard InChI is InChI=1S/C14H12BrF4NOS/c15-8-3-4-10(16)9(5-8)13(7-1-2-7)12(14(17,18)19)21-6-11(22)20-13/h3-5,7,12H,1-2,6H2,(H,20,22). The Morgan fingerprint density at radius 2 is 2.00 bits per heavy atom. The van der Waals surface area contributed by atoms with Gasteiger partial charge in [-0.05, 0) is 37.0 Å². The zero-order chi connectivity index (χ0) is 16.1. The Bertz CT molecular complexity index is 619. The molecule has 2 fully saturated rings. The number of ether oxygens (including phenoxy) is 1. The van der Waals surface area contributed by atoms with Crippen molar-refractivity contribution >= 4 is 33.1 Å². The lowest BCUT2D eigenvalue weighted by molar-refractivity contribution is -0.249. The van der Waals surface area contributed by atoms with Crippen LogP contribution in [0.15, 0.2) is 22.7 Å². The van der Waals surface area contributed by atoms with Gasteiger partial charge in [-0.15, -0.1) is 0 Å². The topological polar surface area (TPSA) is 21.3 Å². The van der Waals surface area contributed by atoms with E-state index < -0.39 is 23.6 Å². The van der Waals surface area contributed by atoms with Gasteiger partial charge >= 0.3 is 6.18 Å². The second kappa shape index (κ2) is 5.42. The van der Waals surface area contributed by atoms with E-state index in [2.05, 4.69) is 21.2 Å². The highest BCUT2D eigenvalue weighted by molar-refractivity contribution is 9.10. The van der Waals surface area contributed by atoms with E-state index >= 15 is 0 Å². The highest BCUT2D eigenvalue weighted by atomic mass is 79.9. The Balaban J connectivity index is 2.20. The molecule has 8 heteroatoms. The van der Waals surface area contributed by atoms with Gasteiger partial charge in [-0.25, -0.2) is 4.39 Å². The predicted molar refractivity (Wildman–Crippen MR) is 80.0 cm³/mol. The minimum absolute atomic E-state index is 0.0613. The second-order valence-electron chi connectivity index (χ2n) is 5.55. The zero-order valence-corrected chi connectivity index (χ0v) is 13.6. The van der Waals surface area contributed by atoms with E-state index in [-0.39, 0.29) is 23.1 Å². The molecule has 120 valence electrons. The Morgan fingerprint density at radius 1 is 1.32 bits per heavy atom. The quantitative estimate of drug-likeness (QED) is 0.600. The first-order valence-corrected chi connectivity index (χ1v) is 7.90. The van der Waals surface area contributed by atoms with E-state index in [9.17, 15) is 17.6 Å². The van der Waals surface area contributed by atoms with Crippen LogP contribution in [-0.4, -0.2) is 23.9 Å². The minimum Gasteiger partial charge on any atom is -0.365 e. The molecule has 1 aliphatic carbocycles. The summed E-state index contributed by atoms with van der Waals surface area (Å²) < 4.78 is 60.4. The SMILES string of the molecule is Fc1ccc(Br)cc1C1(C2CC2)NC(=S)COC1C(F)(F)F. The second-order valence-corrected chi connectivity index (χ2v) is 6.96. The van der Waals surface area contributed by atoms with Gasteiger partial charge in [0.25, 0.3) is 0 Å². The van der Waals surface area contributed by atoms with Gasteiger partial charge in [0.05, 0.1) is 6.61 Å². The molecule has 1 N–H and O–H groups in total. The van der Waals surface area contributed by atoms with E-state index in [0.29, 0.717) is 17.3 Å². The van der Waals surface area contributed by atoms with Gasteiger partial charge in [0.15, 0.2) is 6.10 Å². The fourth-order valence-electron chi connectivity index (χ4n) is 3.07. The van der Waals surface area contributed by atoms with Crippen molar-refractivity contribution in [2.45, 2.75) is 30.7 Å². The highest BCUT2D eigenvalue weighted by Crippen LogP contribution is 2.53. The maximum Gasteiger partial charge on any atom is 0.417 e. The van der Waals surface area contributed by atoms with Crippen molar-refractivity contribution in [2.24, 2.45) is 5.92 Å². The van der Waals surface area contributed by atoms with Crippen LogP contribution in [-0.2, 0) is 10.3 Å². The highest BCUT2D eigenvalue weighted by Gasteiger charge is 2.64. The molecular formula is C14H12BrF4NOS. The van der Waals surface area contributed by atoms with Gasteiger partial charge in [-0.1, -0.05) is 28.1 Å². The summed E-state index contributed by atoms with van der Waals surface area (Å²) in [7, 11) is 0. The van der Waals surface area contributed by atoms with Gasteiger partial charge in [0.1, 0.15) is 16.3 Å². The van der Waals surface area contributed by atoms with Crippen LogP contribution < -0.4 is 5.32 Å². The third-order valence-electron chi connectivity index (χ3n) is 4.03. The number of benzene rings is 1. The summed E-state index contributed by atoms with van der Waals surface area (Å²) in [5, 5.41) is 2.76. The molecule has 1 aromatic rings.